The summed E-state index contributed by atoms with van der Waals surface area (Å²) in [6, 6.07) is 0. The Hall–Kier alpha value is -0.620. The minimum absolute atomic E-state index is 0.109. The second-order valence-corrected chi connectivity index (χ2v) is 7.28. The van der Waals surface area contributed by atoms with Crippen molar-refractivity contribution in [2.75, 3.05) is 19.3 Å². The highest BCUT2D eigenvalue weighted by Gasteiger charge is 2.26. The van der Waals surface area contributed by atoms with Crippen molar-refractivity contribution >= 4 is 15.9 Å². The summed E-state index contributed by atoms with van der Waals surface area (Å²) in [5, 5.41) is 2.68. The van der Waals surface area contributed by atoms with Crippen LogP contribution in [0.3, 0.4) is 0 Å². The molecular weight excluding hydrogens is 264 g/mol. The number of carbonyl (C=O) groups excluding carboxylic acids is 1. The highest BCUT2D eigenvalue weighted by Crippen LogP contribution is 2.28. The maximum atomic E-state index is 11.7. The van der Waals surface area contributed by atoms with E-state index >= 15 is 0 Å². The van der Waals surface area contributed by atoms with Gasteiger partial charge in [0.25, 0.3) is 0 Å². The van der Waals surface area contributed by atoms with Crippen molar-refractivity contribution in [1.82, 2.24) is 10.0 Å². The van der Waals surface area contributed by atoms with E-state index in [2.05, 4.69) is 10.0 Å². The second-order valence-electron chi connectivity index (χ2n) is 5.35. The molecule has 0 radical (unpaired) electrons. The lowest BCUT2D eigenvalue weighted by atomic mass is 9.82. The van der Waals surface area contributed by atoms with Crippen molar-refractivity contribution in [3.05, 3.63) is 0 Å². The highest BCUT2D eigenvalue weighted by atomic mass is 32.2. The summed E-state index contributed by atoms with van der Waals surface area (Å²) in [5.74, 6) is 0.814. The molecule has 0 aromatic carbocycles. The van der Waals surface area contributed by atoms with Gasteiger partial charge in [0, 0.05) is 19.5 Å². The summed E-state index contributed by atoms with van der Waals surface area (Å²) in [4.78, 5) is 11.5. The monoisotopic (exact) mass is 290 g/mol. The molecule has 0 aromatic heterocycles. The van der Waals surface area contributed by atoms with Crippen molar-refractivity contribution in [2.24, 2.45) is 11.8 Å². The van der Waals surface area contributed by atoms with E-state index in [-0.39, 0.29) is 17.6 Å². The van der Waals surface area contributed by atoms with Crippen LogP contribution in [-0.2, 0) is 14.8 Å². The zero-order chi connectivity index (χ0) is 14.3. The van der Waals surface area contributed by atoms with Crippen LogP contribution in [-0.4, -0.2) is 33.7 Å². The number of amides is 1. The molecule has 6 heteroatoms. The standard InChI is InChI=1S/C13H26N2O3S/c1-3-4-9-19(17,18)15-10-11-5-7-12(8-6-11)13(16)14-2/h11-12,15H,3-10H2,1-2H3,(H,14,16). The van der Waals surface area contributed by atoms with Crippen molar-refractivity contribution in [3.63, 3.8) is 0 Å². The summed E-state index contributed by atoms with van der Waals surface area (Å²) >= 11 is 0. The SMILES string of the molecule is CCCCS(=O)(=O)NCC1CCC(C(=O)NC)CC1. The second kappa shape index (κ2) is 7.85. The van der Waals surface area contributed by atoms with Gasteiger partial charge in [-0.15, -0.1) is 0 Å². The van der Waals surface area contributed by atoms with Crippen LogP contribution in [0.15, 0.2) is 0 Å². The first-order chi connectivity index (χ1) is 8.98. The molecule has 0 saturated heterocycles. The van der Waals surface area contributed by atoms with Crippen LogP contribution in [0.4, 0.5) is 0 Å². The van der Waals surface area contributed by atoms with E-state index in [9.17, 15) is 13.2 Å². The lowest BCUT2D eigenvalue weighted by molar-refractivity contribution is -0.125. The molecule has 19 heavy (non-hydrogen) atoms. The van der Waals surface area contributed by atoms with E-state index in [0.717, 1.165) is 32.1 Å². The zero-order valence-electron chi connectivity index (χ0n) is 11.9. The molecule has 2 N–H and O–H groups in total. The molecule has 0 aliphatic heterocycles. The minimum atomic E-state index is -3.11. The molecule has 1 saturated carbocycles. The summed E-state index contributed by atoms with van der Waals surface area (Å²) in [6.07, 6.45) is 5.17. The Morgan fingerprint density at radius 3 is 2.37 bits per heavy atom. The van der Waals surface area contributed by atoms with E-state index < -0.39 is 10.0 Å². The summed E-state index contributed by atoms with van der Waals surface area (Å²) in [5.41, 5.74) is 0. The molecule has 1 aliphatic rings. The van der Waals surface area contributed by atoms with Crippen molar-refractivity contribution in [3.8, 4) is 0 Å². The van der Waals surface area contributed by atoms with Gasteiger partial charge in [-0.3, -0.25) is 4.79 Å². The highest BCUT2D eigenvalue weighted by molar-refractivity contribution is 7.89. The molecule has 1 fully saturated rings. The Bertz CT molecular complexity index is 373. The molecule has 0 aromatic rings. The Morgan fingerprint density at radius 2 is 1.84 bits per heavy atom. The molecular formula is C13H26N2O3S. The van der Waals surface area contributed by atoms with E-state index in [1.807, 2.05) is 6.92 Å². The maximum absolute atomic E-state index is 11.7. The van der Waals surface area contributed by atoms with E-state index in [1.54, 1.807) is 7.05 Å². The molecule has 0 bridgehead atoms. The van der Waals surface area contributed by atoms with Gasteiger partial charge in [-0.25, -0.2) is 13.1 Å². The quantitative estimate of drug-likeness (QED) is 0.741. The Balaban J connectivity index is 2.28. The Labute approximate surface area is 116 Å². The molecule has 1 rings (SSSR count). The zero-order valence-corrected chi connectivity index (χ0v) is 12.8. The fraction of sp³-hybridized carbons (Fsp3) is 0.923. The predicted octanol–water partition coefficient (Wildman–Crippen LogP) is 1.26. The smallest absolute Gasteiger partial charge is 0.222 e. The summed E-state index contributed by atoms with van der Waals surface area (Å²) in [6.45, 7) is 2.50. The molecule has 0 heterocycles. The number of unbranched alkanes of at least 4 members (excludes halogenated alkanes) is 1. The molecule has 0 spiro atoms. The van der Waals surface area contributed by atoms with Gasteiger partial charge in [0.2, 0.25) is 15.9 Å². The van der Waals surface area contributed by atoms with Crippen LogP contribution in [0.25, 0.3) is 0 Å². The van der Waals surface area contributed by atoms with Gasteiger partial charge >= 0.3 is 0 Å². The third kappa shape index (κ3) is 5.91. The number of nitrogens with one attached hydrogen (secondary N) is 2. The minimum Gasteiger partial charge on any atom is -0.359 e. The number of hydrogen-bond donors (Lipinski definition) is 2. The van der Waals surface area contributed by atoms with Crippen LogP contribution in [0.2, 0.25) is 0 Å². The van der Waals surface area contributed by atoms with Crippen LogP contribution in [0, 0.1) is 11.8 Å². The fourth-order valence-electron chi connectivity index (χ4n) is 2.48. The fourth-order valence-corrected chi connectivity index (χ4v) is 3.79. The van der Waals surface area contributed by atoms with Crippen LogP contribution in [0.1, 0.15) is 45.4 Å². The lowest BCUT2D eigenvalue weighted by Gasteiger charge is -2.27. The molecule has 112 valence electrons. The Morgan fingerprint density at radius 1 is 1.21 bits per heavy atom. The third-order valence-corrected chi connectivity index (χ3v) is 5.26. The van der Waals surface area contributed by atoms with Gasteiger partial charge in [-0.1, -0.05) is 13.3 Å². The first-order valence-electron chi connectivity index (χ1n) is 7.17. The molecule has 1 amide bonds. The molecule has 0 unspecified atom stereocenters. The average Bonchev–Trinajstić information content (AvgIpc) is 2.43. The number of rotatable bonds is 7. The number of carbonyl (C=O) groups is 1. The van der Waals surface area contributed by atoms with Gasteiger partial charge in [0.15, 0.2) is 0 Å². The summed E-state index contributed by atoms with van der Waals surface area (Å²) < 4.78 is 26.0. The third-order valence-electron chi connectivity index (χ3n) is 3.82. The van der Waals surface area contributed by atoms with E-state index in [4.69, 9.17) is 0 Å². The van der Waals surface area contributed by atoms with E-state index in [1.165, 1.54) is 0 Å². The molecule has 1 aliphatic carbocycles. The van der Waals surface area contributed by atoms with Gasteiger partial charge in [-0.05, 0) is 38.0 Å². The van der Waals surface area contributed by atoms with Crippen molar-refractivity contribution in [2.45, 2.75) is 45.4 Å². The normalized spacial score (nSPS) is 24.1. The topological polar surface area (TPSA) is 75.3 Å². The predicted molar refractivity (Wildman–Crippen MR) is 76.2 cm³/mol. The summed E-state index contributed by atoms with van der Waals surface area (Å²) in [7, 11) is -1.44. The Kier molecular flexibility index (Phi) is 6.79. The largest absolute Gasteiger partial charge is 0.359 e. The maximum Gasteiger partial charge on any atom is 0.222 e. The van der Waals surface area contributed by atoms with Crippen LogP contribution < -0.4 is 10.0 Å². The van der Waals surface area contributed by atoms with Crippen LogP contribution in [0.5, 0.6) is 0 Å². The number of hydrogen-bond acceptors (Lipinski definition) is 3. The first kappa shape index (κ1) is 16.4. The number of sulfonamides is 1. The molecule has 5 nitrogen and oxygen atoms in total. The van der Waals surface area contributed by atoms with Gasteiger partial charge < -0.3 is 5.32 Å². The van der Waals surface area contributed by atoms with Crippen molar-refractivity contribution < 1.29 is 13.2 Å². The molecule has 0 atom stereocenters. The average molecular weight is 290 g/mol. The van der Waals surface area contributed by atoms with Gasteiger partial charge in [0.1, 0.15) is 0 Å². The van der Waals surface area contributed by atoms with E-state index in [0.29, 0.717) is 18.9 Å². The van der Waals surface area contributed by atoms with Gasteiger partial charge in [-0.2, -0.15) is 0 Å². The first-order valence-corrected chi connectivity index (χ1v) is 8.82. The van der Waals surface area contributed by atoms with Crippen LogP contribution >= 0.6 is 0 Å². The van der Waals surface area contributed by atoms with Crippen molar-refractivity contribution in [1.29, 1.82) is 0 Å². The lowest BCUT2D eigenvalue weighted by Crippen LogP contribution is -2.35. The van der Waals surface area contributed by atoms with Gasteiger partial charge in [0.05, 0.1) is 5.75 Å².